The van der Waals surface area contributed by atoms with Crippen LogP contribution in [-0.2, 0) is 4.74 Å². The van der Waals surface area contributed by atoms with E-state index in [1.54, 1.807) is 31.4 Å². The van der Waals surface area contributed by atoms with Crippen molar-refractivity contribution in [3.8, 4) is 11.5 Å². The molecule has 4 rings (SSSR count). The van der Waals surface area contributed by atoms with Gasteiger partial charge in [0, 0.05) is 49.2 Å². The standard InChI is InChI=1S/C27H32FN3O6/c1-18(32)20-5-8-23(25(15-20)34-3)35-14-4-11-31(17-36-27(33)29-2)12-9-19(10-13-31)26-22-7-6-21(28)16-24(22)37-30-26/h5-8,15-16,19H,4,9-14,17H2,1-3H3/p+1. The molecule has 198 valence electrons. The molecule has 1 aromatic heterocycles. The largest absolute Gasteiger partial charge is 0.493 e. The first-order valence-corrected chi connectivity index (χ1v) is 12.4. The molecular formula is C27H33FN3O6+. The lowest BCUT2D eigenvalue weighted by Crippen LogP contribution is -2.55. The number of ketones is 1. The highest BCUT2D eigenvalue weighted by molar-refractivity contribution is 5.94. The number of carbonyl (C=O) groups excluding carboxylic acids is 2. The van der Waals surface area contributed by atoms with Crippen LogP contribution in [0, 0.1) is 5.82 Å². The predicted molar refractivity (Wildman–Crippen MR) is 134 cm³/mol. The van der Waals surface area contributed by atoms with Crippen molar-refractivity contribution in [1.29, 1.82) is 0 Å². The number of likely N-dealkylation sites (tertiary alicyclic amines) is 1. The second kappa shape index (κ2) is 11.6. The molecule has 0 bridgehead atoms. The molecule has 2 heterocycles. The van der Waals surface area contributed by atoms with Crippen molar-refractivity contribution >= 4 is 22.8 Å². The van der Waals surface area contributed by atoms with Crippen LogP contribution < -0.4 is 14.8 Å². The Hall–Kier alpha value is -3.66. The maximum Gasteiger partial charge on any atom is 0.411 e. The van der Waals surface area contributed by atoms with Gasteiger partial charge < -0.3 is 24.1 Å². The van der Waals surface area contributed by atoms with Gasteiger partial charge in [-0.15, -0.1) is 0 Å². The highest BCUT2D eigenvalue weighted by Crippen LogP contribution is 2.35. The summed E-state index contributed by atoms with van der Waals surface area (Å²) < 4.78 is 36.4. The maximum absolute atomic E-state index is 13.5. The second-order valence-corrected chi connectivity index (χ2v) is 9.43. The van der Waals surface area contributed by atoms with Crippen LogP contribution in [0.4, 0.5) is 9.18 Å². The number of quaternary nitrogens is 1. The van der Waals surface area contributed by atoms with E-state index in [4.69, 9.17) is 18.7 Å². The molecule has 9 nitrogen and oxygen atoms in total. The minimum Gasteiger partial charge on any atom is -0.493 e. The summed E-state index contributed by atoms with van der Waals surface area (Å²) in [6.07, 6.45) is 1.93. The third kappa shape index (κ3) is 6.19. The number of hydrogen-bond acceptors (Lipinski definition) is 7. The quantitative estimate of drug-likeness (QED) is 0.239. The number of hydrogen-bond donors (Lipinski definition) is 1. The van der Waals surface area contributed by atoms with Crippen molar-refractivity contribution in [2.75, 3.05) is 47.1 Å². The number of Topliss-reactive ketones (excluding diaryl/α,β-unsaturated/α-hetero) is 1. The van der Waals surface area contributed by atoms with Gasteiger partial charge in [-0.2, -0.15) is 0 Å². The van der Waals surface area contributed by atoms with Crippen molar-refractivity contribution < 1.29 is 37.2 Å². The monoisotopic (exact) mass is 514 g/mol. The molecule has 3 aromatic rings. The molecule has 0 radical (unpaired) electrons. The predicted octanol–water partition coefficient (Wildman–Crippen LogP) is 4.65. The first-order chi connectivity index (χ1) is 17.8. The zero-order valence-electron chi connectivity index (χ0n) is 21.4. The number of halogens is 1. The lowest BCUT2D eigenvalue weighted by Gasteiger charge is -2.42. The third-order valence-electron chi connectivity index (χ3n) is 7.03. The molecule has 1 fully saturated rings. The van der Waals surface area contributed by atoms with Crippen molar-refractivity contribution in [3.05, 3.63) is 53.5 Å². The number of alkyl carbamates (subject to hydrolysis) is 1. The first-order valence-electron chi connectivity index (χ1n) is 12.4. The molecule has 0 aliphatic carbocycles. The number of methoxy groups -OCH3 is 1. The van der Waals surface area contributed by atoms with E-state index in [0.29, 0.717) is 33.7 Å². The Labute approximate surface area is 215 Å². The van der Waals surface area contributed by atoms with Crippen LogP contribution in [-0.4, -0.2) is 68.6 Å². The fraction of sp³-hybridized carbons (Fsp3) is 0.444. The van der Waals surface area contributed by atoms with E-state index in [1.807, 2.05) is 0 Å². The Balaban J connectivity index is 1.39. The van der Waals surface area contributed by atoms with Crippen LogP contribution >= 0.6 is 0 Å². The van der Waals surface area contributed by atoms with Crippen LogP contribution in [0.5, 0.6) is 11.5 Å². The normalized spacial score (nSPS) is 19.4. The lowest BCUT2D eigenvalue weighted by molar-refractivity contribution is -0.948. The Morgan fingerprint density at radius 3 is 2.65 bits per heavy atom. The van der Waals surface area contributed by atoms with Gasteiger partial charge in [-0.25, -0.2) is 9.18 Å². The molecule has 0 spiro atoms. The van der Waals surface area contributed by atoms with Crippen molar-refractivity contribution in [3.63, 3.8) is 0 Å². The average molecular weight is 515 g/mol. The van der Waals surface area contributed by atoms with Gasteiger partial charge in [-0.1, -0.05) is 5.16 Å². The van der Waals surface area contributed by atoms with Gasteiger partial charge in [0.05, 0.1) is 39.0 Å². The highest BCUT2D eigenvalue weighted by Gasteiger charge is 2.37. The number of amides is 1. The Bertz CT molecular complexity index is 1250. The summed E-state index contributed by atoms with van der Waals surface area (Å²) in [5, 5.41) is 7.58. The molecule has 0 atom stereocenters. The molecule has 1 aliphatic heterocycles. The minimum absolute atomic E-state index is 0.0402. The topological polar surface area (TPSA) is 99.9 Å². The van der Waals surface area contributed by atoms with Crippen molar-refractivity contribution in [2.24, 2.45) is 0 Å². The SMILES string of the molecule is CNC(=O)OC[N+]1(CCCOc2ccc(C(C)=O)cc2OC)CCC(c2noc3cc(F)ccc23)CC1. The van der Waals surface area contributed by atoms with Crippen LogP contribution in [0.25, 0.3) is 11.0 Å². The van der Waals surface area contributed by atoms with E-state index >= 15 is 0 Å². The van der Waals surface area contributed by atoms with Gasteiger partial charge in [-0.3, -0.25) is 9.28 Å². The Morgan fingerprint density at radius 2 is 1.95 bits per heavy atom. The molecule has 2 aromatic carbocycles. The fourth-order valence-electron chi connectivity index (χ4n) is 4.89. The molecule has 1 amide bonds. The zero-order chi connectivity index (χ0) is 26.4. The second-order valence-electron chi connectivity index (χ2n) is 9.43. The van der Waals surface area contributed by atoms with Crippen LogP contribution in [0.3, 0.4) is 0 Å². The number of nitrogens with one attached hydrogen (secondary N) is 1. The van der Waals surface area contributed by atoms with Crippen LogP contribution in [0.2, 0.25) is 0 Å². The van der Waals surface area contributed by atoms with Crippen LogP contribution in [0.1, 0.15) is 48.2 Å². The summed E-state index contributed by atoms with van der Waals surface area (Å²) >= 11 is 0. The van der Waals surface area contributed by atoms with Crippen molar-refractivity contribution in [2.45, 2.75) is 32.1 Å². The summed E-state index contributed by atoms with van der Waals surface area (Å²) in [7, 11) is 3.08. The molecule has 0 saturated carbocycles. The van der Waals surface area contributed by atoms with Gasteiger partial charge in [0.25, 0.3) is 0 Å². The molecular weight excluding hydrogens is 481 g/mol. The smallest absolute Gasteiger partial charge is 0.411 e. The summed E-state index contributed by atoms with van der Waals surface area (Å²) in [6, 6.07) is 9.64. The molecule has 1 aliphatic rings. The van der Waals surface area contributed by atoms with E-state index in [-0.39, 0.29) is 24.2 Å². The first kappa shape index (κ1) is 26.4. The summed E-state index contributed by atoms with van der Waals surface area (Å²) in [5.74, 6) is 0.879. The summed E-state index contributed by atoms with van der Waals surface area (Å²) in [5.41, 5.74) is 1.87. The number of benzene rings is 2. The Morgan fingerprint density at radius 1 is 1.16 bits per heavy atom. The zero-order valence-corrected chi connectivity index (χ0v) is 21.4. The number of carbonyl (C=O) groups is 2. The number of nitrogens with zero attached hydrogens (tertiary/aromatic N) is 2. The summed E-state index contributed by atoms with van der Waals surface area (Å²) in [4.78, 5) is 23.5. The number of ether oxygens (including phenoxy) is 3. The van der Waals surface area contributed by atoms with E-state index in [2.05, 4.69) is 10.5 Å². The molecule has 1 N–H and O–H groups in total. The fourth-order valence-corrected chi connectivity index (χ4v) is 4.89. The van der Waals surface area contributed by atoms with Gasteiger partial charge >= 0.3 is 6.09 Å². The number of rotatable bonds is 10. The molecule has 10 heteroatoms. The van der Waals surface area contributed by atoms with Gasteiger partial charge in [0.2, 0.25) is 6.73 Å². The van der Waals surface area contributed by atoms with Crippen molar-refractivity contribution in [1.82, 2.24) is 10.5 Å². The number of aromatic nitrogens is 1. The van der Waals surface area contributed by atoms with E-state index in [9.17, 15) is 14.0 Å². The number of piperidine rings is 1. The molecule has 0 unspecified atom stereocenters. The highest BCUT2D eigenvalue weighted by atomic mass is 19.1. The molecule has 37 heavy (non-hydrogen) atoms. The maximum atomic E-state index is 13.5. The Kier molecular flexibility index (Phi) is 8.27. The van der Waals surface area contributed by atoms with Gasteiger partial charge in [-0.05, 0) is 37.3 Å². The third-order valence-corrected chi connectivity index (χ3v) is 7.03. The minimum atomic E-state index is -0.462. The van der Waals surface area contributed by atoms with Gasteiger partial charge in [0.15, 0.2) is 22.9 Å². The van der Waals surface area contributed by atoms with E-state index < -0.39 is 6.09 Å². The van der Waals surface area contributed by atoms with E-state index in [1.165, 1.54) is 26.1 Å². The number of fused-ring (bicyclic) bond motifs is 1. The van der Waals surface area contributed by atoms with Gasteiger partial charge in [0.1, 0.15) is 5.82 Å². The molecule has 1 saturated heterocycles. The average Bonchev–Trinajstić information content (AvgIpc) is 3.33. The van der Waals surface area contributed by atoms with E-state index in [0.717, 1.165) is 50.0 Å². The summed E-state index contributed by atoms with van der Waals surface area (Å²) in [6.45, 7) is 4.53. The van der Waals surface area contributed by atoms with Crippen LogP contribution in [0.15, 0.2) is 40.9 Å². The lowest BCUT2D eigenvalue weighted by atomic mass is 9.90.